The molecule has 3 heterocycles. The number of nitrogens with two attached hydrogens (primary N) is 1. The second-order valence-corrected chi connectivity index (χ2v) is 8.44. The lowest BCUT2D eigenvalue weighted by molar-refractivity contribution is -0.137. The van der Waals surface area contributed by atoms with Crippen molar-refractivity contribution in [2.45, 2.75) is 26.1 Å². The van der Waals surface area contributed by atoms with Crippen LogP contribution in [0.5, 0.6) is 0 Å². The quantitative estimate of drug-likeness (QED) is 0.331. The van der Waals surface area contributed by atoms with Gasteiger partial charge in [-0.15, -0.1) is 11.3 Å². The Morgan fingerprint density at radius 2 is 1.91 bits per heavy atom. The smallest absolute Gasteiger partial charge is 0.368 e. The van der Waals surface area contributed by atoms with Crippen molar-refractivity contribution in [2.75, 3.05) is 23.7 Å². The first-order valence-electron chi connectivity index (χ1n) is 10.2. The van der Waals surface area contributed by atoms with Crippen molar-refractivity contribution in [2.24, 2.45) is 5.73 Å². The van der Waals surface area contributed by atoms with Crippen LogP contribution in [-0.2, 0) is 19.1 Å². The van der Waals surface area contributed by atoms with Crippen LogP contribution in [0.3, 0.4) is 0 Å². The Hall–Kier alpha value is -3.36. The van der Waals surface area contributed by atoms with E-state index in [0.29, 0.717) is 42.0 Å². The molecule has 0 aliphatic heterocycles. The number of pyridine rings is 1. The monoisotopic (exact) mass is 528 g/mol. The van der Waals surface area contributed by atoms with Gasteiger partial charge in [-0.2, -0.15) is 13.2 Å². The molecule has 0 bridgehead atoms. The molecule has 186 valence electrons. The molecule has 0 spiro atoms. The number of aromatic nitrogens is 4. The van der Waals surface area contributed by atoms with Gasteiger partial charge in [0.15, 0.2) is 0 Å². The number of rotatable bonds is 9. The first-order chi connectivity index (χ1) is 16.6. The van der Waals surface area contributed by atoms with Gasteiger partial charge in [0.05, 0.1) is 23.3 Å². The number of carbonyl (C=O) groups is 2. The van der Waals surface area contributed by atoms with Crippen molar-refractivity contribution in [1.82, 2.24) is 25.3 Å². The van der Waals surface area contributed by atoms with E-state index >= 15 is 0 Å². The van der Waals surface area contributed by atoms with E-state index in [1.807, 2.05) is 6.92 Å². The van der Waals surface area contributed by atoms with Gasteiger partial charge in [0.1, 0.15) is 33.5 Å². The molecule has 3 aromatic rings. The zero-order valence-corrected chi connectivity index (χ0v) is 19.8. The minimum absolute atomic E-state index is 0.00686. The van der Waals surface area contributed by atoms with Crippen LogP contribution in [0.2, 0.25) is 5.02 Å². The summed E-state index contributed by atoms with van der Waals surface area (Å²) in [5, 5.41) is 7.84. The third kappa shape index (κ3) is 6.61. The van der Waals surface area contributed by atoms with Crippen LogP contribution in [0.25, 0.3) is 0 Å². The number of carbonyl (C=O) groups excluding carboxylic acids is 2. The number of alkyl halides is 3. The lowest BCUT2D eigenvalue weighted by Gasteiger charge is -2.12. The Morgan fingerprint density at radius 3 is 2.60 bits per heavy atom. The molecule has 2 amide bonds. The molecule has 0 atom stereocenters. The second-order valence-electron chi connectivity index (χ2n) is 6.92. The highest BCUT2D eigenvalue weighted by Gasteiger charge is 2.34. The summed E-state index contributed by atoms with van der Waals surface area (Å²) in [7, 11) is 0. The molecule has 0 unspecified atom stereocenters. The molecule has 3 rings (SSSR count). The van der Waals surface area contributed by atoms with Gasteiger partial charge < -0.3 is 21.7 Å². The molecule has 0 fully saturated rings. The van der Waals surface area contributed by atoms with Gasteiger partial charge in [-0.05, 0) is 12.5 Å². The minimum atomic E-state index is -4.70. The van der Waals surface area contributed by atoms with Gasteiger partial charge in [0, 0.05) is 24.8 Å². The Kier molecular flexibility index (Phi) is 8.53. The van der Waals surface area contributed by atoms with Crippen molar-refractivity contribution >= 4 is 46.4 Å². The Labute approximate surface area is 206 Å². The molecular weight excluding hydrogens is 509 g/mol. The molecule has 0 saturated heterocycles. The molecule has 0 saturated carbocycles. The molecule has 0 aliphatic carbocycles. The maximum atomic E-state index is 13.0. The van der Waals surface area contributed by atoms with Crippen LogP contribution >= 0.6 is 22.9 Å². The lowest BCUT2D eigenvalue weighted by atomic mass is 10.1. The zero-order valence-electron chi connectivity index (χ0n) is 18.2. The van der Waals surface area contributed by atoms with Crippen LogP contribution in [0.1, 0.15) is 43.2 Å². The topological polar surface area (TPSA) is 148 Å². The predicted octanol–water partition coefficient (Wildman–Crippen LogP) is 3.12. The average Bonchev–Trinajstić information content (AvgIpc) is 3.30. The Bertz CT molecular complexity index is 1220. The number of anilines is 2. The summed E-state index contributed by atoms with van der Waals surface area (Å²) in [6.45, 7) is 2.75. The first-order valence-corrected chi connectivity index (χ1v) is 11.4. The molecule has 10 nitrogen and oxygen atoms in total. The molecule has 3 aromatic heterocycles. The van der Waals surface area contributed by atoms with Gasteiger partial charge in [0.25, 0.3) is 11.8 Å². The fourth-order valence-corrected chi connectivity index (χ4v) is 3.89. The Balaban J connectivity index is 1.65. The van der Waals surface area contributed by atoms with Crippen molar-refractivity contribution in [3.8, 4) is 0 Å². The summed E-state index contributed by atoms with van der Waals surface area (Å²) in [6.07, 6.45) is -0.861. The fourth-order valence-electron chi connectivity index (χ4n) is 2.92. The second kappa shape index (κ2) is 11.4. The standard InChI is InChI=1S/C20H20ClF3N8O2S/c1-2-10-16(30-9-31-17(10)26-4-3-25)19(34)29-8-15-28-7-13(35-15)18(33)32-14-5-11(20(22,23)24)12(21)6-27-14/h5-7,9H,2-4,8,25H2,1H3,(H,29,34)(H,26,30,31)(H,27,32,33). The third-order valence-electron chi connectivity index (χ3n) is 4.53. The van der Waals surface area contributed by atoms with Gasteiger partial charge in [-0.1, -0.05) is 18.5 Å². The van der Waals surface area contributed by atoms with E-state index in [-0.39, 0.29) is 22.9 Å². The van der Waals surface area contributed by atoms with Crippen LogP contribution in [-0.4, -0.2) is 44.8 Å². The van der Waals surface area contributed by atoms with Crippen molar-refractivity contribution < 1.29 is 22.8 Å². The van der Waals surface area contributed by atoms with E-state index in [4.69, 9.17) is 17.3 Å². The van der Waals surface area contributed by atoms with E-state index < -0.39 is 28.6 Å². The van der Waals surface area contributed by atoms with Crippen LogP contribution in [0.15, 0.2) is 24.8 Å². The van der Waals surface area contributed by atoms with E-state index in [1.54, 1.807) is 0 Å². The highest BCUT2D eigenvalue weighted by atomic mass is 35.5. The number of hydrogen-bond donors (Lipinski definition) is 4. The van der Waals surface area contributed by atoms with Gasteiger partial charge in [-0.3, -0.25) is 9.59 Å². The summed E-state index contributed by atoms with van der Waals surface area (Å²) >= 11 is 6.50. The average molecular weight is 529 g/mol. The molecule has 0 radical (unpaired) electrons. The number of nitrogens with zero attached hydrogens (tertiary/aromatic N) is 4. The number of halogens is 4. The third-order valence-corrected chi connectivity index (χ3v) is 5.83. The highest BCUT2D eigenvalue weighted by molar-refractivity contribution is 7.13. The summed E-state index contributed by atoms with van der Waals surface area (Å²) < 4.78 is 39.0. The Morgan fingerprint density at radius 1 is 1.14 bits per heavy atom. The lowest BCUT2D eigenvalue weighted by Crippen LogP contribution is -2.26. The minimum Gasteiger partial charge on any atom is -0.368 e. The molecule has 5 N–H and O–H groups in total. The maximum Gasteiger partial charge on any atom is 0.418 e. The van der Waals surface area contributed by atoms with Gasteiger partial charge >= 0.3 is 6.18 Å². The SMILES string of the molecule is CCc1c(NCCN)ncnc1C(=O)NCc1ncc(C(=O)Nc2cc(C(F)(F)F)c(Cl)cn2)s1. The summed E-state index contributed by atoms with van der Waals surface area (Å²) in [5.74, 6) is -0.949. The van der Waals surface area contributed by atoms with E-state index in [2.05, 4.69) is 35.9 Å². The summed E-state index contributed by atoms with van der Waals surface area (Å²) in [5.41, 5.74) is 5.22. The van der Waals surface area contributed by atoms with E-state index in [0.717, 1.165) is 17.5 Å². The number of hydrogen-bond acceptors (Lipinski definition) is 9. The van der Waals surface area contributed by atoms with Gasteiger partial charge in [-0.25, -0.2) is 19.9 Å². The largest absolute Gasteiger partial charge is 0.418 e. The molecule has 0 aromatic carbocycles. The number of amides is 2. The van der Waals surface area contributed by atoms with E-state index in [1.165, 1.54) is 12.5 Å². The van der Waals surface area contributed by atoms with Crippen LogP contribution < -0.4 is 21.7 Å². The van der Waals surface area contributed by atoms with Crippen molar-refractivity contribution in [3.63, 3.8) is 0 Å². The molecule has 0 aliphatic rings. The molecule has 35 heavy (non-hydrogen) atoms. The van der Waals surface area contributed by atoms with E-state index in [9.17, 15) is 22.8 Å². The molecular formula is C20H20ClF3N8O2S. The number of thiazole rings is 1. The number of nitrogens with one attached hydrogen (secondary N) is 3. The van der Waals surface area contributed by atoms with Crippen LogP contribution in [0.4, 0.5) is 24.8 Å². The normalized spacial score (nSPS) is 11.3. The summed E-state index contributed by atoms with van der Waals surface area (Å²) in [6, 6.07) is 0.645. The highest BCUT2D eigenvalue weighted by Crippen LogP contribution is 2.35. The van der Waals surface area contributed by atoms with Gasteiger partial charge in [0.2, 0.25) is 0 Å². The van der Waals surface area contributed by atoms with Crippen LogP contribution in [0, 0.1) is 0 Å². The predicted molar refractivity (Wildman–Crippen MR) is 124 cm³/mol. The molecule has 15 heteroatoms. The zero-order chi connectivity index (χ0) is 25.6. The fraction of sp³-hybridized carbons (Fsp3) is 0.300. The van der Waals surface area contributed by atoms with Crippen molar-refractivity contribution in [3.05, 3.63) is 56.5 Å². The first kappa shape index (κ1) is 26.2. The summed E-state index contributed by atoms with van der Waals surface area (Å²) in [4.78, 5) is 41.2. The van der Waals surface area contributed by atoms with Crippen molar-refractivity contribution in [1.29, 1.82) is 0 Å². The maximum absolute atomic E-state index is 13.0.